The first-order valence-electron chi connectivity index (χ1n) is 11.0. The third-order valence-electron chi connectivity index (χ3n) is 6.78. The van der Waals surface area contributed by atoms with E-state index in [1.807, 2.05) is 0 Å². The molecule has 33 heavy (non-hydrogen) atoms. The number of rotatable bonds is 7. The van der Waals surface area contributed by atoms with Gasteiger partial charge < -0.3 is 20.1 Å². The maximum atomic E-state index is 13.5. The Bertz CT molecular complexity index is 894. The van der Waals surface area contributed by atoms with Crippen molar-refractivity contribution in [2.45, 2.75) is 56.5 Å². The average molecular weight is 493 g/mol. The number of nitrogens with one attached hydrogen (secondary N) is 2. The lowest BCUT2D eigenvalue weighted by molar-refractivity contribution is -0.214. The summed E-state index contributed by atoms with van der Waals surface area (Å²) in [5.41, 5.74) is 0. The average Bonchev–Trinajstić information content (AvgIpc) is 3.21. The summed E-state index contributed by atoms with van der Waals surface area (Å²) in [6.45, 7) is -0.259. The quantitative estimate of drug-likeness (QED) is 0.570. The zero-order chi connectivity index (χ0) is 23.8. The zero-order valence-electron chi connectivity index (χ0n) is 17.7. The largest absolute Gasteiger partial charge is 0.484 e. The van der Waals surface area contributed by atoms with Gasteiger partial charge >= 0.3 is 6.18 Å². The predicted octanol–water partition coefficient (Wildman–Crippen LogP) is 3.61. The van der Waals surface area contributed by atoms with E-state index < -0.39 is 24.2 Å². The lowest BCUT2D eigenvalue weighted by Gasteiger charge is -2.50. The Balaban J connectivity index is 1.22. The van der Waals surface area contributed by atoms with Crippen molar-refractivity contribution in [2.24, 2.45) is 17.8 Å². The van der Waals surface area contributed by atoms with Crippen LogP contribution in [-0.4, -0.2) is 49.4 Å². The molecule has 0 radical (unpaired) electrons. The normalized spacial score (nSPS) is 30.9. The maximum absolute atomic E-state index is 13.5. The molecule has 182 valence electrons. The van der Waals surface area contributed by atoms with Gasteiger partial charge in [-0.15, -0.1) is 0 Å². The van der Waals surface area contributed by atoms with E-state index in [0.717, 1.165) is 18.9 Å². The third kappa shape index (κ3) is 5.71. The highest BCUT2D eigenvalue weighted by Gasteiger charge is 2.49. The number of halogens is 5. The van der Waals surface area contributed by atoms with Gasteiger partial charge in [-0.2, -0.15) is 13.2 Å². The van der Waals surface area contributed by atoms with E-state index in [-0.39, 0.29) is 72.4 Å². The second kappa shape index (κ2) is 9.66. The van der Waals surface area contributed by atoms with Crippen LogP contribution < -0.4 is 15.4 Å². The smallest absolute Gasteiger partial charge is 0.414 e. The van der Waals surface area contributed by atoms with Crippen molar-refractivity contribution in [3.63, 3.8) is 0 Å². The summed E-state index contributed by atoms with van der Waals surface area (Å²) in [6.07, 6.45) is -4.59. The van der Waals surface area contributed by atoms with E-state index in [2.05, 4.69) is 10.6 Å². The Morgan fingerprint density at radius 2 is 1.91 bits per heavy atom. The first-order chi connectivity index (χ1) is 15.6. The first kappa shape index (κ1) is 24.1. The highest BCUT2D eigenvalue weighted by Crippen LogP contribution is 2.49. The number of hydrogen-bond acceptors (Lipinski definition) is 4. The van der Waals surface area contributed by atoms with Crippen molar-refractivity contribution < 1.29 is 36.6 Å². The van der Waals surface area contributed by atoms with Gasteiger partial charge in [-0.05, 0) is 56.1 Å². The van der Waals surface area contributed by atoms with Crippen LogP contribution in [0.15, 0.2) is 18.2 Å². The highest BCUT2D eigenvalue weighted by molar-refractivity contribution is 6.30. The number of amides is 2. The van der Waals surface area contributed by atoms with Gasteiger partial charge in [-0.3, -0.25) is 9.59 Å². The lowest BCUT2D eigenvalue weighted by Crippen LogP contribution is -2.57. The number of benzene rings is 1. The minimum absolute atomic E-state index is 0.0422. The zero-order valence-corrected chi connectivity index (χ0v) is 18.4. The summed E-state index contributed by atoms with van der Waals surface area (Å²) in [5.74, 6) is -0.884. The molecule has 4 fully saturated rings. The molecule has 3 aliphatic carbocycles. The number of fused-ring (bicyclic) bond motifs is 2. The van der Waals surface area contributed by atoms with Gasteiger partial charge in [0, 0.05) is 24.6 Å². The second-order valence-electron chi connectivity index (χ2n) is 8.98. The minimum Gasteiger partial charge on any atom is -0.484 e. The van der Waals surface area contributed by atoms with Crippen LogP contribution in [0.5, 0.6) is 5.75 Å². The van der Waals surface area contributed by atoms with Crippen LogP contribution in [0.3, 0.4) is 0 Å². The van der Waals surface area contributed by atoms with Gasteiger partial charge in [0.15, 0.2) is 12.7 Å². The fraction of sp³-hybridized carbons (Fsp3) is 0.636. The van der Waals surface area contributed by atoms with E-state index in [1.54, 1.807) is 0 Å². The molecular weight excluding hydrogens is 468 g/mol. The molecule has 1 aromatic carbocycles. The van der Waals surface area contributed by atoms with Crippen LogP contribution in [0.25, 0.3) is 0 Å². The summed E-state index contributed by atoms with van der Waals surface area (Å²) >= 11 is 5.62. The highest BCUT2D eigenvalue weighted by atomic mass is 35.5. The van der Waals surface area contributed by atoms with Crippen LogP contribution in [0.2, 0.25) is 5.02 Å². The Morgan fingerprint density at radius 1 is 1.15 bits per heavy atom. The summed E-state index contributed by atoms with van der Waals surface area (Å²) in [7, 11) is 0. The van der Waals surface area contributed by atoms with Crippen LogP contribution >= 0.6 is 11.6 Å². The van der Waals surface area contributed by atoms with E-state index in [9.17, 15) is 27.2 Å². The molecule has 0 spiro atoms. The number of carbonyl (C=O) groups is 2. The van der Waals surface area contributed by atoms with Crippen molar-refractivity contribution >= 4 is 23.4 Å². The molecule has 2 bridgehead atoms. The summed E-state index contributed by atoms with van der Waals surface area (Å²) in [4.78, 5) is 25.0. The maximum Gasteiger partial charge on any atom is 0.414 e. The number of ether oxygens (including phenoxy) is 2. The van der Waals surface area contributed by atoms with Crippen molar-refractivity contribution in [3.8, 4) is 5.75 Å². The molecule has 1 saturated heterocycles. The SMILES string of the molecule is O=C(COc1ccc(Cl)c(F)c1)N[C@@H]1C[C@H](C(=O)NCC2CCC(C(F)(F)F)O2)C2CC1C2. The van der Waals surface area contributed by atoms with Crippen molar-refractivity contribution in [2.75, 3.05) is 13.2 Å². The third-order valence-corrected chi connectivity index (χ3v) is 7.08. The molecule has 2 unspecified atom stereocenters. The number of carbonyl (C=O) groups excluding carboxylic acids is 2. The molecule has 6 nitrogen and oxygen atoms in total. The van der Waals surface area contributed by atoms with Crippen molar-refractivity contribution in [1.82, 2.24) is 10.6 Å². The summed E-state index contributed by atoms with van der Waals surface area (Å²) in [5, 5.41) is 5.59. The van der Waals surface area contributed by atoms with Gasteiger partial charge in [0.25, 0.3) is 5.91 Å². The lowest BCUT2D eigenvalue weighted by atomic mass is 9.57. The standard InChI is InChI=1S/C22H25ClF4N2O4/c23-16-3-1-13(7-17(16)24)32-10-20(30)29-18-8-15(11-5-12(18)6-11)21(31)28-9-14-2-4-19(33-14)22(25,26)27/h1,3,7,11-12,14-15,18-19H,2,4-6,8-10H2,(H,28,31)(H,29,30)/t11?,12?,14?,15-,18+,19?/m0/s1. The fourth-order valence-corrected chi connectivity index (χ4v) is 5.05. The molecule has 1 aliphatic heterocycles. The van der Waals surface area contributed by atoms with E-state index in [0.29, 0.717) is 6.42 Å². The van der Waals surface area contributed by atoms with Crippen LogP contribution in [0.1, 0.15) is 32.1 Å². The van der Waals surface area contributed by atoms with Gasteiger partial charge in [0.05, 0.1) is 11.1 Å². The molecule has 2 amide bonds. The van der Waals surface area contributed by atoms with E-state index in [1.165, 1.54) is 12.1 Å². The van der Waals surface area contributed by atoms with Crippen LogP contribution in [0.4, 0.5) is 17.6 Å². The molecule has 11 heteroatoms. The summed E-state index contributed by atoms with van der Waals surface area (Å²) < 4.78 is 62.0. The Labute approximate surface area is 193 Å². The van der Waals surface area contributed by atoms with Crippen LogP contribution in [-0.2, 0) is 14.3 Å². The predicted molar refractivity (Wildman–Crippen MR) is 110 cm³/mol. The topological polar surface area (TPSA) is 76.7 Å². The molecule has 5 rings (SSSR count). The Hall–Kier alpha value is -2.07. The number of hydrogen-bond donors (Lipinski definition) is 2. The Morgan fingerprint density at radius 3 is 2.58 bits per heavy atom. The molecule has 4 aliphatic rings. The van der Waals surface area contributed by atoms with Crippen molar-refractivity contribution in [3.05, 3.63) is 29.0 Å². The molecule has 1 aromatic rings. The van der Waals surface area contributed by atoms with Crippen molar-refractivity contribution in [1.29, 1.82) is 0 Å². The minimum atomic E-state index is -4.39. The molecular formula is C22H25ClF4N2O4. The van der Waals surface area contributed by atoms with Gasteiger partial charge in [0.2, 0.25) is 5.91 Å². The van der Waals surface area contributed by atoms with Gasteiger partial charge in [-0.1, -0.05) is 11.6 Å². The number of alkyl halides is 3. The van der Waals surface area contributed by atoms with E-state index in [4.69, 9.17) is 21.1 Å². The van der Waals surface area contributed by atoms with E-state index >= 15 is 0 Å². The van der Waals surface area contributed by atoms with Crippen LogP contribution in [0, 0.1) is 23.6 Å². The molecule has 1 heterocycles. The molecule has 4 atom stereocenters. The summed E-state index contributed by atoms with van der Waals surface area (Å²) in [6, 6.07) is 3.70. The molecule has 3 saturated carbocycles. The fourth-order valence-electron chi connectivity index (χ4n) is 4.93. The Kier molecular flexibility index (Phi) is 7.04. The molecule has 2 N–H and O–H groups in total. The second-order valence-corrected chi connectivity index (χ2v) is 9.39. The molecule has 0 aromatic heterocycles. The van der Waals surface area contributed by atoms with Gasteiger partial charge in [0.1, 0.15) is 11.6 Å². The van der Waals surface area contributed by atoms with Gasteiger partial charge in [-0.25, -0.2) is 4.39 Å². The monoisotopic (exact) mass is 492 g/mol. The first-order valence-corrected chi connectivity index (χ1v) is 11.3.